The van der Waals surface area contributed by atoms with Crippen molar-refractivity contribution in [2.75, 3.05) is 12.8 Å². The molecule has 0 saturated carbocycles. The lowest BCUT2D eigenvalue weighted by Gasteiger charge is -2.00. The van der Waals surface area contributed by atoms with Gasteiger partial charge in [0.2, 0.25) is 5.89 Å². The Balaban J connectivity index is 2.15. The molecule has 0 spiro atoms. The lowest BCUT2D eigenvalue weighted by molar-refractivity contribution is -0.384. The van der Waals surface area contributed by atoms with Gasteiger partial charge in [-0.15, -0.1) is 0 Å². The first-order chi connectivity index (χ1) is 10.1. The van der Waals surface area contributed by atoms with Gasteiger partial charge in [0, 0.05) is 23.9 Å². The molecule has 1 aromatic heterocycles. The Hall–Kier alpha value is -3.09. The first kappa shape index (κ1) is 12.9. The Labute approximate surface area is 119 Å². The smallest absolute Gasteiger partial charge is 0.270 e. The third-order valence-electron chi connectivity index (χ3n) is 3.07. The summed E-state index contributed by atoms with van der Waals surface area (Å²) in [5, 5.41) is 10.8. The van der Waals surface area contributed by atoms with Gasteiger partial charge in [-0.3, -0.25) is 10.1 Å². The van der Waals surface area contributed by atoms with Crippen molar-refractivity contribution in [2.45, 2.75) is 0 Å². The number of hydrogen-bond acceptors (Lipinski definition) is 6. The lowest BCUT2D eigenvalue weighted by Crippen LogP contribution is -1.93. The van der Waals surface area contributed by atoms with E-state index in [1.807, 2.05) is 0 Å². The fourth-order valence-electron chi connectivity index (χ4n) is 1.99. The predicted molar refractivity (Wildman–Crippen MR) is 77.1 cm³/mol. The zero-order valence-electron chi connectivity index (χ0n) is 11.1. The SMILES string of the molecule is COc1ccc2nc(-c3cc([N+](=O)[O-])ccc3N)oc2c1. The molecule has 1 heterocycles. The van der Waals surface area contributed by atoms with E-state index in [0.29, 0.717) is 28.1 Å². The monoisotopic (exact) mass is 285 g/mol. The van der Waals surface area contributed by atoms with Crippen molar-refractivity contribution in [1.82, 2.24) is 4.98 Å². The number of non-ortho nitro benzene ring substituents is 1. The van der Waals surface area contributed by atoms with E-state index < -0.39 is 4.92 Å². The van der Waals surface area contributed by atoms with Crippen LogP contribution in [0.5, 0.6) is 5.75 Å². The Bertz CT molecular complexity index is 841. The normalized spacial score (nSPS) is 10.7. The van der Waals surface area contributed by atoms with Crippen LogP contribution in [0.25, 0.3) is 22.6 Å². The average molecular weight is 285 g/mol. The van der Waals surface area contributed by atoms with E-state index in [9.17, 15) is 10.1 Å². The standard InChI is InChI=1S/C14H11N3O4/c1-20-9-3-5-12-13(7-9)21-14(16-12)10-6-8(17(18)19)2-4-11(10)15/h2-7H,15H2,1H3. The fourth-order valence-corrected chi connectivity index (χ4v) is 1.99. The van der Waals surface area contributed by atoms with E-state index >= 15 is 0 Å². The van der Waals surface area contributed by atoms with E-state index in [2.05, 4.69) is 4.98 Å². The topological polar surface area (TPSA) is 104 Å². The van der Waals surface area contributed by atoms with Gasteiger partial charge in [0.1, 0.15) is 11.3 Å². The maximum Gasteiger partial charge on any atom is 0.270 e. The number of methoxy groups -OCH3 is 1. The maximum atomic E-state index is 10.8. The number of nitrogens with two attached hydrogens (primary N) is 1. The van der Waals surface area contributed by atoms with Gasteiger partial charge < -0.3 is 14.9 Å². The summed E-state index contributed by atoms with van der Waals surface area (Å²) in [4.78, 5) is 14.7. The van der Waals surface area contributed by atoms with Crippen LogP contribution in [-0.2, 0) is 0 Å². The van der Waals surface area contributed by atoms with Gasteiger partial charge in [-0.1, -0.05) is 0 Å². The highest BCUT2D eigenvalue weighted by Gasteiger charge is 2.16. The largest absolute Gasteiger partial charge is 0.497 e. The summed E-state index contributed by atoms with van der Waals surface area (Å²) in [5.41, 5.74) is 7.68. The highest BCUT2D eigenvalue weighted by Crippen LogP contribution is 2.32. The van der Waals surface area contributed by atoms with Crippen molar-refractivity contribution in [3.8, 4) is 17.2 Å². The molecule has 0 aliphatic heterocycles. The van der Waals surface area contributed by atoms with E-state index in [1.54, 1.807) is 25.3 Å². The molecule has 0 aliphatic carbocycles. The van der Waals surface area contributed by atoms with Crippen LogP contribution in [-0.4, -0.2) is 17.0 Å². The van der Waals surface area contributed by atoms with E-state index in [4.69, 9.17) is 14.9 Å². The van der Waals surface area contributed by atoms with Gasteiger partial charge in [0.05, 0.1) is 17.6 Å². The molecular weight excluding hydrogens is 274 g/mol. The number of fused-ring (bicyclic) bond motifs is 1. The number of nitro benzene ring substituents is 1. The number of aromatic nitrogens is 1. The molecule has 3 rings (SSSR count). The van der Waals surface area contributed by atoms with E-state index in [0.717, 1.165) is 0 Å². The molecular formula is C14H11N3O4. The van der Waals surface area contributed by atoms with Crippen molar-refractivity contribution < 1.29 is 14.1 Å². The molecule has 7 heteroatoms. The predicted octanol–water partition coefficient (Wildman–Crippen LogP) is 2.99. The molecule has 0 atom stereocenters. The Morgan fingerprint density at radius 3 is 2.81 bits per heavy atom. The summed E-state index contributed by atoms with van der Waals surface area (Å²) < 4.78 is 10.7. The number of nitrogen functional groups attached to an aromatic ring is 1. The first-order valence-corrected chi connectivity index (χ1v) is 6.07. The number of anilines is 1. The third kappa shape index (κ3) is 2.25. The molecule has 7 nitrogen and oxygen atoms in total. The number of nitrogens with zero attached hydrogens (tertiary/aromatic N) is 2. The number of oxazole rings is 1. The minimum atomic E-state index is -0.491. The molecule has 21 heavy (non-hydrogen) atoms. The van der Waals surface area contributed by atoms with Crippen molar-refractivity contribution in [2.24, 2.45) is 0 Å². The van der Waals surface area contributed by atoms with E-state index in [1.165, 1.54) is 18.2 Å². The fraction of sp³-hybridized carbons (Fsp3) is 0.0714. The molecule has 0 amide bonds. The summed E-state index contributed by atoms with van der Waals surface area (Å²) in [7, 11) is 1.55. The van der Waals surface area contributed by atoms with Gasteiger partial charge in [-0.25, -0.2) is 4.98 Å². The van der Waals surface area contributed by atoms with Crippen LogP contribution in [0.3, 0.4) is 0 Å². The van der Waals surface area contributed by atoms with Crippen LogP contribution >= 0.6 is 0 Å². The van der Waals surface area contributed by atoms with Gasteiger partial charge in [0.15, 0.2) is 5.58 Å². The molecule has 0 bridgehead atoms. The zero-order valence-corrected chi connectivity index (χ0v) is 11.1. The van der Waals surface area contributed by atoms with Gasteiger partial charge in [-0.2, -0.15) is 0 Å². The zero-order chi connectivity index (χ0) is 15.0. The van der Waals surface area contributed by atoms with Crippen LogP contribution in [0, 0.1) is 10.1 Å². The number of benzene rings is 2. The van der Waals surface area contributed by atoms with Crippen molar-refractivity contribution in [1.29, 1.82) is 0 Å². The summed E-state index contributed by atoms with van der Waals surface area (Å²) in [6.07, 6.45) is 0. The van der Waals surface area contributed by atoms with Crippen LogP contribution in [0.2, 0.25) is 0 Å². The van der Waals surface area contributed by atoms with Crippen molar-refractivity contribution >= 4 is 22.5 Å². The summed E-state index contributed by atoms with van der Waals surface area (Å²) in [5.74, 6) is 0.872. The maximum absolute atomic E-state index is 10.8. The average Bonchev–Trinajstić information content (AvgIpc) is 2.89. The van der Waals surface area contributed by atoms with Crippen LogP contribution in [0.4, 0.5) is 11.4 Å². The summed E-state index contributed by atoms with van der Waals surface area (Å²) in [6.45, 7) is 0. The quantitative estimate of drug-likeness (QED) is 0.450. The molecule has 106 valence electrons. The van der Waals surface area contributed by atoms with Crippen molar-refractivity contribution in [3.63, 3.8) is 0 Å². The highest BCUT2D eigenvalue weighted by atomic mass is 16.6. The van der Waals surface area contributed by atoms with Crippen LogP contribution < -0.4 is 10.5 Å². The minimum absolute atomic E-state index is 0.0703. The molecule has 3 aromatic rings. The van der Waals surface area contributed by atoms with Crippen LogP contribution in [0.15, 0.2) is 40.8 Å². The molecule has 2 aromatic carbocycles. The van der Waals surface area contributed by atoms with Crippen LogP contribution in [0.1, 0.15) is 0 Å². The number of ether oxygens (including phenoxy) is 1. The molecule has 0 fully saturated rings. The second-order valence-electron chi connectivity index (χ2n) is 4.38. The van der Waals surface area contributed by atoms with Gasteiger partial charge in [-0.05, 0) is 18.2 Å². The number of nitro groups is 1. The Morgan fingerprint density at radius 2 is 2.10 bits per heavy atom. The van der Waals surface area contributed by atoms with E-state index in [-0.39, 0.29) is 11.6 Å². The Morgan fingerprint density at radius 1 is 1.29 bits per heavy atom. The summed E-state index contributed by atoms with van der Waals surface area (Å²) in [6, 6.07) is 9.34. The second-order valence-corrected chi connectivity index (χ2v) is 4.38. The van der Waals surface area contributed by atoms with Crippen molar-refractivity contribution in [3.05, 3.63) is 46.5 Å². The lowest BCUT2D eigenvalue weighted by atomic mass is 10.1. The second kappa shape index (κ2) is 4.78. The molecule has 0 unspecified atom stereocenters. The molecule has 0 radical (unpaired) electrons. The third-order valence-corrected chi connectivity index (χ3v) is 3.07. The molecule has 0 aliphatic rings. The minimum Gasteiger partial charge on any atom is -0.497 e. The Kier molecular flexibility index (Phi) is 2.94. The van der Waals surface area contributed by atoms with Gasteiger partial charge >= 0.3 is 0 Å². The molecule has 0 saturated heterocycles. The first-order valence-electron chi connectivity index (χ1n) is 6.07. The van der Waals surface area contributed by atoms with Gasteiger partial charge in [0.25, 0.3) is 5.69 Å². The number of rotatable bonds is 3. The summed E-state index contributed by atoms with van der Waals surface area (Å²) >= 11 is 0. The molecule has 2 N–H and O–H groups in total. The highest BCUT2D eigenvalue weighted by molar-refractivity contribution is 5.81. The number of hydrogen-bond donors (Lipinski definition) is 1.